The minimum Gasteiger partial charge on any atom is -0.0984 e. The first kappa shape index (κ1) is 24.4. The van der Waals surface area contributed by atoms with E-state index in [9.17, 15) is 0 Å². The molecule has 0 fully saturated rings. The van der Waals surface area contributed by atoms with Crippen molar-refractivity contribution in [2.45, 2.75) is 60.3 Å². The van der Waals surface area contributed by atoms with Gasteiger partial charge in [-0.3, -0.25) is 0 Å². The standard InChI is InChI=1S/C29H38/c1-10-13-15-21(4)25(8)27(12-3)18-16-22(5)24(7)26(9)29-19-17-23(6)28(20-29)14-11-2/h10,12-13,15-20,26H,3,7-8,11,14H2,1-2,4-6,9H3/b13-10-,21-15-,22-16+,27-18+. The highest BCUT2D eigenvalue weighted by Gasteiger charge is 2.12. The summed E-state index contributed by atoms with van der Waals surface area (Å²) in [6.07, 6.45) is 14.5. The van der Waals surface area contributed by atoms with Gasteiger partial charge in [0.05, 0.1) is 0 Å². The average molecular weight is 387 g/mol. The van der Waals surface area contributed by atoms with Gasteiger partial charge in [-0.25, -0.2) is 0 Å². The van der Waals surface area contributed by atoms with E-state index >= 15 is 0 Å². The summed E-state index contributed by atoms with van der Waals surface area (Å²) in [6.45, 7) is 25.4. The maximum absolute atomic E-state index is 4.39. The Morgan fingerprint density at radius 1 is 1.07 bits per heavy atom. The van der Waals surface area contributed by atoms with Crippen LogP contribution in [0.2, 0.25) is 0 Å². The quantitative estimate of drug-likeness (QED) is 0.353. The van der Waals surface area contributed by atoms with E-state index in [0.29, 0.717) is 0 Å². The summed E-state index contributed by atoms with van der Waals surface area (Å²) in [7, 11) is 0. The summed E-state index contributed by atoms with van der Waals surface area (Å²) in [5.74, 6) is 0.280. The fourth-order valence-electron chi connectivity index (χ4n) is 3.22. The minimum atomic E-state index is 0.280. The molecule has 0 aliphatic carbocycles. The van der Waals surface area contributed by atoms with Crippen LogP contribution in [-0.4, -0.2) is 0 Å². The molecule has 1 atom stereocenters. The van der Waals surface area contributed by atoms with Crippen molar-refractivity contribution in [2.75, 3.05) is 0 Å². The molecule has 0 saturated heterocycles. The second kappa shape index (κ2) is 12.1. The monoisotopic (exact) mass is 386 g/mol. The van der Waals surface area contributed by atoms with Crippen LogP contribution in [0.1, 0.15) is 63.6 Å². The Morgan fingerprint density at radius 2 is 1.76 bits per heavy atom. The van der Waals surface area contributed by atoms with E-state index in [2.05, 4.69) is 90.8 Å². The van der Waals surface area contributed by atoms with Crippen molar-refractivity contribution in [2.24, 2.45) is 0 Å². The van der Waals surface area contributed by atoms with Gasteiger partial charge in [0, 0.05) is 5.92 Å². The van der Waals surface area contributed by atoms with E-state index in [0.717, 1.165) is 28.7 Å². The number of hydrogen-bond donors (Lipinski definition) is 0. The maximum Gasteiger partial charge on any atom is 0.00578 e. The predicted molar refractivity (Wildman–Crippen MR) is 132 cm³/mol. The topological polar surface area (TPSA) is 0 Å². The van der Waals surface area contributed by atoms with Gasteiger partial charge in [-0.2, -0.15) is 0 Å². The molecule has 0 aliphatic rings. The molecule has 1 rings (SSSR count). The summed E-state index contributed by atoms with van der Waals surface area (Å²) in [6, 6.07) is 6.83. The van der Waals surface area contributed by atoms with Gasteiger partial charge < -0.3 is 0 Å². The molecule has 0 N–H and O–H groups in total. The van der Waals surface area contributed by atoms with Crippen LogP contribution in [-0.2, 0) is 6.42 Å². The number of hydrogen-bond acceptors (Lipinski definition) is 0. The van der Waals surface area contributed by atoms with Gasteiger partial charge in [0.15, 0.2) is 0 Å². The predicted octanol–water partition coefficient (Wildman–Crippen LogP) is 8.74. The SMILES string of the molecule is C=C/C(=C\C=C(/C)C(=C)C(C)c1ccc(C)c(CCC)c1)C(=C)/C(C)=C\C=C/C. The zero-order chi connectivity index (χ0) is 22.0. The lowest BCUT2D eigenvalue weighted by Gasteiger charge is -2.18. The Morgan fingerprint density at radius 3 is 2.34 bits per heavy atom. The Balaban J connectivity index is 3.08. The molecule has 0 heteroatoms. The van der Waals surface area contributed by atoms with E-state index in [1.165, 1.54) is 28.7 Å². The van der Waals surface area contributed by atoms with Crippen LogP contribution in [0.15, 0.2) is 102 Å². The molecule has 154 valence electrons. The van der Waals surface area contributed by atoms with Gasteiger partial charge in [-0.1, -0.05) is 94.7 Å². The molecule has 0 spiro atoms. The Kier molecular flexibility index (Phi) is 10.2. The Bertz CT molecular complexity index is 865. The Labute approximate surface area is 179 Å². The highest BCUT2D eigenvalue weighted by molar-refractivity contribution is 5.52. The van der Waals surface area contributed by atoms with Crippen molar-refractivity contribution in [1.29, 1.82) is 0 Å². The molecule has 0 aliphatic heterocycles. The minimum absolute atomic E-state index is 0.280. The van der Waals surface area contributed by atoms with Crippen LogP contribution in [0.3, 0.4) is 0 Å². The molecule has 0 saturated carbocycles. The lowest BCUT2D eigenvalue weighted by atomic mass is 9.87. The summed E-state index contributed by atoms with van der Waals surface area (Å²) in [5.41, 5.74) is 9.63. The third-order valence-electron chi connectivity index (χ3n) is 5.52. The normalized spacial score (nSPS) is 14.2. The van der Waals surface area contributed by atoms with E-state index in [4.69, 9.17) is 0 Å². The van der Waals surface area contributed by atoms with Crippen LogP contribution < -0.4 is 0 Å². The van der Waals surface area contributed by atoms with Gasteiger partial charge in [-0.15, -0.1) is 0 Å². The fourth-order valence-corrected chi connectivity index (χ4v) is 3.22. The average Bonchev–Trinajstić information content (AvgIpc) is 2.72. The molecule has 0 amide bonds. The fraction of sp³-hybridized carbons (Fsp3) is 0.310. The molecule has 0 heterocycles. The first-order valence-electron chi connectivity index (χ1n) is 10.6. The van der Waals surface area contributed by atoms with Gasteiger partial charge in [0.25, 0.3) is 0 Å². The van der Waals surface area contributed by atoms with Gasteiger partial charge in [0.1, 0.15) is 0 Å². The zero-order valence-electron chi connectivity index (χ0n) is 19.3. The van der Waals surface area contributed by atoms with Gasteiger partial charge in [-0.05, 0) is 78.7 Å². The van der Waals surface area contributed by atoms with Crippen molar-refractivity contribution in [3.63, 3.8) is 0 Å². The lowest BCUT2D eigenvalue weighted by Crippen LogP contribution is -2.01. The van der Waals surface area contributed by atoms with Crippen LogP contribution in [0.25, 0.3) is 0 Å². The van der Waals surface area contributed by atoms with E-state index in [1.54, 1.807) is 0 Å². The van der Waals surface area contributed by atoms with Crippen LogP contribution in [0.5, 0.6) is 0 Å². The molecule has 1 unspecified atom stereocenters. The largest absolute Gasteiger partial charge is 0.0984 e. The molecule has 0 aromatic heterocycles. The van der Waals surface area contributed by atoms with Gasteiger partial charge in [0.2, 0.25) is 0 Å². The molecule has 1 aromatic rings. The molecule has 29 heavy (non-hydrogen) atoms. The maximum atomic E-state index is 4.39. The second-order valence-electron chi connectivity index (χ2n) is 7.71. The summed E-state index contributed by atoms with van der Waals surface area (Å²) >= 11 is 0. The van der Waals surface area contributed by atoms with Crippen LogP contribution in [0.4, 0.5) is 0 Å². The van der Waals surface area contributed by atoms with Crippen molar-refractivity contribution >= 4 is 0 Å². The first-order valence-corrected chi connectivity index (χ1v) is 10.6. The highest BCUT2D eigenvalue weighted by atomic mass is 14.2. The van der Waals surface area contributed by atoms with E-state index < -0.39 is 0 Å². The van der Waals surface area contributed by atoms with E-state index in [-0.39, 0.29) is 5.92 Å². The second-order valence-corrected chi connectivity index (χ2v) is 7.71. The molecule has 0 nitrogen and oxygen atoms in total. The van der Waals surface area contributed by atoms with Crippen molar-refractivity contribution in [1.82, 2.24) is 0 Å². The molecule has 1 aromatic carbocycles. The smallest absolute Gasteiger partial charge is 0.00578 e. The highest BCUT2D eigenvalue weighted by Crippen LogP contribution is 2.30. The zero-order valence-corrected chi connectivity index (χ0v) is 19.3. The summed E-state index contributed by atoms with van der Waals surface area (Å²) in [4.78, 5) is 0. The number of benzene rings is 1. The third kappa shape index (κ3) is 7.06. The molecule has 0 bridgehead atoms. The van der Waals surface area contributed by atoms with Crippen molar-refractivity contribution in [3.8, 4) is 0 Å². The van der Waals surface area contributed by atoms with Crippen molar-refractivity contribution in [3.05, 3.63) is 119 Å². The summed E-state index contributed by atoms with van der Waals surface area (Å²) in [5, 5.41) is 0. The number of allylic oxidation sites excluding steroid dienone is 11. The van der Waals surface area contributed by atoms with Gasteiger partial charge >= 0.3 is 0 Å². The van der Waals surface area contributed by atoms with Crippen LogP contribution >= 0.6 is 0 Å². The first-order chi connectivity index (χ1) is 13.8. The van der Waals surface area contributed by atoms with Crippen molar-refractivity contribution < 1.29 is 0 Å². The number of aryl methyl sites for hydroxylation is 2. The number of rotatable bonds is 10. The lowest BCUT2D eigenvalue weighted by molar-refractivity contribution is 0.877. The molecular weight excluding hydrogens is 348 g/mol. The molecular formula is C29H38. The summed E-state index contributed by atoms with van der Waals surface area (Å²) < 4.78 is 0. The molecule has 0 radical (unpaired) electrons. The van der Waals surface area contributed by atoms with Crippen LogP contribution in [0, 0.1) is 6.92 Å². The Hall–Kier alpha value is -2.60. The third-order valence-corrected chi connectivity index (χ3v) is 5.52. The van der Waals surface area contributed by atoms with E-state index in [1.807, 2.05) is 25.2 Å².